The molecule has 0 unspecified atom stereocenters. The Labute approximate surface area is 150 Å². The van der Waals surface area contributed by atoms with E-state index in [9.17, 15) is 31.1 Å². The van der Waals surface area contributed by atoms with Crippen molar-refractivity contribution in [1.29, 1.82) is 0 Å². The standard InChI is InChI=1S/C15H8BrF6N3O/c16-11(13(23)26)4-10-5-24-6-12(25-10)7-1-8(14(17,18)19)3-9(2-7)15(20,21)22/h1-6H,(H2,23,26)/b11-4+. The number of aromatic nitrogens is 2. The molecule has 2 aromatic rings. The van der Waals surface area contributed by atoms with Crippen molar-refractivity contribution in [3.63, 3.8) is 0 Å². The molecule has 0 atom stereocenters. The van der Waals surface area contributed by atoms with Crippen LogP contribution in [0.1, 0.15) is 16.8 Å². The minimum absolute atomic E-state index is 0.0131. The smallest absolute Gasteiger partial charge is 0.365 e. The Bertz CT molecular complexity index is 844. The molecule has 138 valence electrons. The molecule has 2 N–H and O–H groups in total. The van der Waals surface area contributed by atoms with E-state index in [-0.39, 0.29) is 21.9 Å². The largest absolute Gasteiger partial charge is 0.416 e. The van der Waals surface area contributed by atoms with Gasteiger partial charge >= 0.3 is 12.4 Å². The van der Waals surface area contributed by atoms with Crippen molar-refractivity contribution in [1.82, 2.24) is 9.97 Å². The van der Waals surface area contributed by atoms with Crippen LogP contribution >= 0.6 is 15.9 Å². The summed E-state index contributed by atoms with van der Waals surface area (Å²) in [5.74, 6) is -0.837. The number of benzene rings is 1. The molecule has 0 aliphatic heterocycles. The van der Waals surface area contributed by atoms with Gasteiger partial charge in [0.15, 0.2) is 0 Å². The van der Waals surface area contributed by atoms with Crippen LogP contribution in [0.2, 0.25) is 0 Å². The summed E-state index contributed by atoms with van der Waals surface area (Å²) in [5.41, 5.74) is 1.43. The van der Waals surface area contributed by atoms with Gasteiger partial charge in [0, 0.05) is 5.56 Å². The van der Waals surface area contributed by atoms with Gasteiger partial charge < -0.3 is 5.73 Å². The van der Waals surface area contributed by atoms with Crippen molar-refractivity contribution in [3.05, 3.63) is 51.9 Å². The van der Waals surface area contributed by atoms with Crippen molar-refractivity contribution in [2.45, 2.75) is 12.4 Å². The van der Waals surface area contributed by atoms with Gasteiger partial charge in [0.25, 0.3) is 5.91 Å². The molecule has 11 heteroatoms. The maximum atomic E-state index is 12.9. The lowest BCUT2D eigenvalue weighted by atomic mass is 10.0. The topological polar surface area (TPSA) is 68.9 Å². The highest BCUT2D eigenvalue weighted by atomic mass is 79.9. The fraction of sp³-hybridized carbons (Fsp3) is 0.133. The Morgan fingerprint density at radius 2 is 1.54 bits per heavy atom. The highest BCUT2D eigenvalue weighted by Crippen LogP contribution is 2.38. The number of alkyl halides is 6. The number of primary amides is 1. The third-order valence-corrected chi connectivity index (χ3v) is 3.67. The van der Waals surface area contributed by atoms with Crippen LogP contribution in [-0.4, -0.2) is 15.9 Å². The number of rotatable bonds is 3. The molecule has 26 heavy (non-hydrogen) atoms. The second-order valence-corrected chi connectivity index (χ2v) is 5.83. The summed E-state index contributed by atoms with van der Waals surface area (Å²) in [6.45, 7) is 0. The quantitative estimate of drug-likeness (QED) is 0.569. The average Bonchev–Trinajstić information content (AvgIpc) is 2.53. The van der Waals surface area contributed by atoms with E-state index in [2.05, 4.69) is 25.9 Å². The van der Waals surface area contributed by atoms with Crippen molar-refractivity contribution < 1.29 is 31.1 Å². The number of nitrogens with two attached hydrogens (primary N) is 1. The van der Waals surface area contributed by atoms with Crippen LogP contribution in [0.5, 0.6) is 0 Å². The van der Waals surface area contributed by atoms with Crippen molar-refractivity contribution in [2.24, 2.45) is 5.73 Å². The Kier molecular flexibility index (Phi) is 5.40. The van der Waals surface area contributed by atoms with Gasteiger partial charge in [0.1, 0.15) is 0 Å². The van der Waals surface area contributed by atoms with Crippen LogP contribution in [0, 0.1) is 0 Å². The Balaban J connectivity index is 2.61. The number of carbonyl (C=O) groups excluding carboxylic acids is 1. The number of halogens is 7. The summed E-state index contributed by atoms with van der Waals surface area (Å²) < 4.78 is 77.4. The van der Waals surface area contributed by atoms with Gasteiger partial charge in [-0.15, -0.1) is 0 Å². The summed E-state index contributed by atoms with van der Waals surface area (Å²) in [6.07, 6.45) is -6.65. The third kappa shape index (κ3) is 4.81. The summed E-state index contributed by atoms with van der Waals surface area (Å²) in [5, 5.41) is 0. The predicted molar refractivity (Wildman–Crippen MR) is 83.6 cm³/mol. The van der Waals surface area contributed by atoms with E-state index >= 15 is 0 Å². The first kappa shape index (κ1) is 19.9. The minimum atomic E-state index is -4.98. The molecule has 2 rings (SSSR count). The molecule has 1 aromatic heterocycles. The van der Waals surface area contributed by atoms with Crippen LogP contribution in [0.25, 0.3) is 17.3 Å². The lowest BCUT2D eigenvalue weighted by Crippen LogP contribution is -2.11. The molecule has 0 aliphatic carbocycles. The van der Waals surface area contributed by atoms with Gasteiger partial charge in [-0.25, -0.2) is 4.98 Å². The Morgan fingerprint density at radius 3 is 2.00 bits per heavy atom. The first-order chi connectivity index (χ1) is 11.9. The van der Waals surface area contributed by atoms with Gasteiger partial charge in [-0.2, -0.15) is 26.3 Å². The molecular weight excluding hydrogens is 432 g/mol. The van der Waals surface area contributed by atoms with Gasteiger partial charge in [0.05, 0.1) is 39.4 Å². The maximum Gasteiger partial charge on any atom is 0.416 e. The monoisotopic (exact) mass is 439 g/mol. The molecule has 0 fully saturated rings. The van der Waals surface area contributed by atoms with Crippen LogP contribution in [0.15, 0.2) is 35.1 Å². The zero-order chi connectivity index (χ0) is 19.7. The minimum Gasteiger partial charge on any atom is -0.365 e. The molecule has 0 spiro atoms. The van der Waals surface area contributed by atoms with Crippen LogP contribution < -0.4 is 5.73 Å². The normalized spacial score (nSPS) is 13.0. The predicted octanol–water partition coefficient (Wildman–Crippen LogP) is 4.40. The molecule has 0 radical (unpaired) electrons. The summed E-state index contributed by atoms with van der Waals surface area (Å²) in [4.78, 5) is 18.6. The van der Waals surface area contributed by atoms with Gasteiger partial charge in [-0.3, -0.25) is 9.78 Å². The molecule has 4 nitrogen and oxygen atoms in total. The molecule has 0 bridgehead atoms. The molecular formula is C15H8BrF6N3O. The maximum absolute atomic E-state index is 12.9. The average molecular weight is 440 g/mol. The van der Waals surface area contributed by atoms with Gasteiger partial charge in [-0.05, 0) is 40.2 Å². The van der Waals surface area contributed by atoms with Crippen LogP contribution in [0.3, 0.4) is 0 Å². The van der Waals surface area contributed by atoms with E-state index in [1.54, 1.807) is 0 Å². The van der Waals surface area contributed by atoms with E-state index < -0.39 is 35.0 Å². The number of hydrogen-bond donors (Lipinski definition) is 1. The highest BCUT2D eigenvalue weighted by Gasteiger charge is 2.37. The second-order valence-electron chi connectivity index (χ2n) is 4.98. The zero-order valence-electron chi connectivity index (χ0n) is 12.5. The van der Waals surface area contributed by atoms with E-state index in [1.807, 2.05) is 0 Å². The molecule has 0 saturated heterocycles. The molecule has 0 saturated carbocycles. The number of hydrogen-bond acceptors (Lipinski definition) is 3. The van der Waals surface area contributed by atoms with E-state index in [1.165, 1.54) is 0 Å². The first-order valence-electron chi connectivity index (χ1n) is 6.67. The highest BCUT2D eigenvalue weighted by molar-refractivity contribution is 9.12. The van der Waals surface area contributed by atoms with Crippen LogP contribution in [-0.2, 0) is 17.1 Å². The fourth-order valence-corrected chi connectivity index (χ4v) is 2.13. The Morgan fingerprint density at radius 1 is 1.00 bits per heavy atom. The lowest BCUT2D eigenvalue weighted by molar-refractivity contribution is -0.143. The molecule has 0 aliphatic rings. The zero-order valence-corrected chi connectivity index (χ0v) is 14.1. The number of carbonyl (C=O) groups is 1. The lowest BCUT2D eigenvalue weighted by Gasteiger charge is -2.14. The summed E-state index contributed by atoms with van der Waals surface area (Å²) >= 11 is 2.86. The van der Waals surface area contributed by atoms with E-state index in [4.69, 9.17) is 5.73 Å². The van der Waals surface area contributed by atoms with Gasteiger partial charge in [0.2, 0.25) is 0 Å². The molecule has 1 heterocycles. The first-order valence-corrected chi connectivity index (χ1v) is 7.46. The van der Waals surface area contributed by atoms with Gasteiger partial charge in [-0.1, -0.05) is 0 Å². The van der Waals surface area contributed by atoms with Crippen LogP contribution in [0.4, 0.5) is 26.3 Å². The number of nitrogens with zero attached hydrogens (tertiary/aromatic N) is 2. The van der Waals surface area contributed by atoms with Crippen molar-refractivity contribution >= 4 is 27.9 Å². The van der Waals surface area contributed by atoms with E-state index in [0.717, 1.165) is 18.5 Å². The summed E-state index contributed by atoms with van der Waals surface area (Å²) in [6, 6.07) is 1.09. The second kappa shape index (κ2) is 7.06. The van der Waals surface area contributed by atoms with E-state index in [0.29, 0.717) is 12.1 Å². The van der Waals surface area contributed by atoms with Crippen molar-refractivity contribution in [3.8, 4) is 11.3 Å². The molecule has 1 aromatic carbocycles. The SMILES string of the molecule is NC(=O)/C(Br)=C\c1cncc(-c2cc(C(F)(F)F)cc(C(F)(F)F)c2)n1. The van der Waals surface area contributed by atoms with Crippen molar-refractivity contribution in [2.75, 3.05) is 0 Å². The number of amides is 1. The summed E-state index contributed by atoms with van der Waals surface area (Å²) in [7, 11) is 0. The molecule has 1 amide bonds. The fourth-order valence-electron chi connectivity index (χ4n) is 1.89. The third-order valence-electron chi connectivity index (χ3n) is 3.05. The Hall–Kier alpha value is -2.43.